The molecule has 1 heterocycles. The van der Waals surface area contributed by atoms with Crippen molar-refractivity contribution < 1.29 is 9.53 Å². The number of nitrogens with one attached hydrogen (secondary N) is 1. The molecule has 102 valence electrons. The summed E-state index contributed by atoms with van der Waals surface area (Å²) in [6.07, 6.45) is 0.527. The lowest BCUT2D eigenvalue weighted by Gasteiger charge is -2.33. The Balaban J connectivity index is 2.25. The molecule has 0 saturated carbocycles. The SMILES string of the molecule is CN(C)CC1CN(CC(=O)NCCC#N)CCO1. The van der Waals surface area contributed by atoms with Gasteiger partial charge in [-0.2, -0.15) is 5.26 Å². The highest BCUT2D eigenvalue weighted by Crippen LogP contribution is 2.05. The van der Waals surface area contributed by atoms with Crippen molar-refractivity contribution in [3.63, 3.8) is 0 Å². The number of carbonyl (C=O) groups is 1. The Kier molecular flexibility index (Phi) is 6.65. The number of morpholine rings is 1. The third-order valence-electron chi connectivity index (χ3n) is 2.72. The molecule has 6 heteroatoms. The summed E-state index contributed by atoms with van der Waals surface area (Å²) in [6, 6.07) is 2.00. The van der Waals surface area contributed by atoms with Gasteiger partial charge < -0.3 is 15.0 Å². The van der Waals surface area contributed by atoms with Crippen molar-refractivity contribution in [3.8, 4) is 6.07 Å². The standard InChI is InChI=1S/C12H22N4O2/c1-15(2)8-11-9-16(6-7-18-11)10-12(17)14-5-3-4-13/h11H,3,5-10H2,1-2H3,(H,14,17). The fourth-order valence-corrected chi connectivity index (χ4v) is 1.96. The van der Waals surface area contributed by atoms with Gasteiger partial charge in [0.2, 0.25) is 5.91 Å². The summed E-state index contributed by atoms with van der Waals surface area (Å²) in [5, 5.41) is 11.1. The van der Waals surface area contributed by atoms with Crippen molar-refractivity contribution >= 4 is 5.91 Å². The first-order valence-corrected chi connectivity index (χ1v) is 6.24. The van der Waals surface area contributed by atoms with Crippen LogP contribution in [0.15, 0.2) is 0 Å². The first kappa shape index (κ1) is 14.9. The number of carbonyl (C=O) groups excluding carboxylic acids is 1. The summed E-state index contributed by atoms with van der Waals surface area (Å²) in [5.74, 6) is -0.0178. The van der Waals surface area contributed by atoms with E-state index >= 15 is 0 Å². The number of ether oxygens (including phenoxy) is 1. The summed E-state index contributed by atoms with van der Waals surface area (Å²) in [4.78, 5) is 15.8. The van der Waals surface area contributed by atoms with E-state index in [1.165, 1.54) is 0 Å². The summed E-state index contributed by atoms with van der Waals surface area (Å²) in [7, 11) is 4.02. The van der Waals surface area contributed by atoms with Crippen LogP contribution in [0, 0.1) is 11.3 Å². The third-order valence-corrected chi connectivity index (χ3v) is 2.72. The Hall–Kier alpha value is -1.16. The second-order valence-electron chi connectivity index (χ2n) is 4.75. The quantitative estimate of drug-likeness (QED) is 0.634. The lowest BCUT2D eigenvalue weighted by molar-refractivity contribution is -0.124. The molecule has 0 bridgehead atoms. The Morgan fingerprint density at radius 2 is 2.39 bits per heavy atom. The lowest BCUT2D eigenvalue weighted by atomic mass is 10.2. The van der Waals surface area contributed by atoms with Gasteiger partial charge in [0.1, 0.15) is 0 Å². The fourth-order valence-electron chi connectivity index (χ4n) is 1.96. The molecule has 0 aromatic rings. The van der Waals surface area contributed by atoms with Crippen LogP contribution in [0.25, 0.3) is 0 Å². The second-order valence-corrected chi connectivity index (χ2v) is 4.75. The predicted molar refractivity (Wildman–Crippen MR) is 68.0 cm³/mol. The number of hydrogen-bond acceptors (Lipinski definition) is 5. The van der Waals surface area contributed by atoms with Gasteiger partial charge in [0.25, 0.3) is 0 Å². The van der Waals surface area contributed by atoms with Crippen LogP contribution in [0.1, 0.15) is 6.42 Å². The van der Waals surface area contributed by atoms with Crippen molar-refractivity contribution in [1.82, 2.24) is 15.1 Å². The first-order valence-electron chi connectivity index (χ1n) is 6.24. The Bertz CT molecular complexity index is 301. The summed E-state index contributed by atoms with van der Waals surface area (Å²) >= 11 is 0. The van der Waals surface area contributed by atoms with Crippen LogP contribution >= 0.6 is 0 Å². The molecular formula is C12H22N4O2. The molecular weight excluding hydrogens is 232 g/mol. The predicted octanol–water partition coefficient (Wildman–Crippen LogP) is -0.721. The van der Waals surface area contributed by atoms with Crippen LogP contribution in [0.3, 0.4) is 0 Å². The largest absolute Gasteiger partial charge is 0.374 e. The van der Waals surface area contributed by atoms with Crippen LogP contribution in [0.2, 0.25) is 0 Å². The first-order chi connectivity index (χ1) is 8.61. The minimum atomic E-state index is -0.0178. The van der Waals surface area contributed by atoms with Crippen molar-refractivity contribution in [3.05, 3.63) is 0 Å². The second kappa shape index (κ2) is 8.03. The van der Waals surface area contributed by atoms with E-state index in [0.29, 0.717) is 26.1 Å². The van der Waals surface area contributed by atoms with Gasteiger partial charge in [-0.05, 0) is 14.1 Å². The average molecular weight is 254 g/mol. The maximum absolute atomic E-state index is 11.6. The van der Waals surface area contributed by atoms with Crippen molar-refractivity contribution in [1.29, 1.82) is 5.26 Å². The molecule has 0 radical (unpaired) electrons. The number of hydrogen-bond donors (Lipinski definition) is 1. The molecule has 6 nitrogen and oxygen atoms in total. The van der Waals surface area contributed by atoms with Gasteiger partial charge in [0, 0.05) is 26.2 Å². The van der Waals surface area contributed by atoms with Gasteiger partial charge >= 0.3 is 0 Å². The molecule has 1 saturated heterocycles. The molecule has 0 aromatic heterocycles. The Morgan fingerprint density at radius 1 is 1.61 bits per heavy atom. The number of nitriles is 1. The molecule has 0 aliphatic carbocycles. The highest BCUT2D eigenvalue weighted by molar-refractivity contribution is 5.78. The van der Waals surface area contributed by atoms with E-state index in [9.17, 15) is 4.79 Å². The van der Waals surface area contributed by atoms with Crippen molar-refractivity contribution in [2.45, 2.75) is 12.5 Å². The molecule has 1 aliphatic heterocycles. The van der Waals surface area contributed by atoms with Gasteiger partial charge in [-0.15, -0.1) is 0 Å². The molecule has 1 atom stereocenters. The third kappa shape index (κ3) is 5.96. The lowest BCUT2D eigenvalue weighted by Crippen LogP contribution is -2.49. The van der Waals surface area contributed by atoms with Crippen LogP contribution in [-0.2, 0) is 9.53 Å². The highest BCUT2D eigenvalue weighted by Gasteiger charge is 2.22. The molecule has 1 fully saturated rings. The van der Waals surface area contributed by atoms with E-state index in [2.05, 4.69) is 15.1 Å². The minimum Gasteiger partial charge on any atom is -0.374 e. The van der Waals surface area contributed by atoms with E-state index in [-0.39, 0.29) is 12.0 Å². The summed E-state index contributed by atoms with van der Waals surface area (Å²) in [5.41, 5.74) is 0. The van der Waals surface area contributed by atoms with Gasteiger partial charge in [-0.25, -0.2) is 0 Å². The fraction of sp³-hybridized carbons (Fsp3) is 0.833. The smallest absolute Gasteiger partial charge is 0.234 e. The van der Waals surface area contributed by atoms with E-state index in [4.69, 9.17) is 10.00 Å². The van der Waals surface area contributed by atoms with Gasteiger partial charge in [0.05, 0.1) is 31.7 Å². The zero-order valence-electron chi connectivity index (χ0n) is 11.2. The maximum Gasteiger partial charge on any atom is 0.234 e. The van der Waals surface area contributed by atoms with Crippen molar-refractivity contribution in [2.75, 3.05) is 53.4 Å². The number of likely N-dealkylation sites (N-methyl/N-ethyl adjacent to an activating group) is 1. The van der Waals surface area contributed by atoms with Crippen LogP contribution < -0.4 is 5.32 Å². The summed E-state index contributed by atoms with van der Waals surface area (Å²) in [6.45, 7) is 3.93. The van der Waals surface area contributed by atoms with Gasteiger partial charge in [0.15, 0.2) is 0 Å². The van der Waals surface area contributed by atoms with Crippen molar-refractivity contribution in [2.24, 2.45) is 0 Å². The highest BCUT2D eigenvalue weighted by atomic mass is 16.5. The van der Waals surface area contributed by atoms with E-state index in [0.717, 1.165) is 19.6 Å². The summed E-state index contributed by atoms with van der Waals surface area (Å²) < 4.78 is 5.64. The van der Waals surface area contributed by atoms with Crippen LogP contribution in [0.5, 0.6) is 0 Å². The zero-order chi connectivity index (χ0) is 13.4. The molecule has 0 spiro atoms. The molecule has 1 N–H and O–H groups in total. The minimum absolute atomic E-state index is 0.0178. The normalized spacial score (nSPS) is 20.7. The maximum atomic E-state index is 11.6. The molecule has 1 unspecified atom stereocenters. The number of rotatable bonds is 6. The topological polar surface area (TPSA) is 68.6 Å². The molecule has 1 rings (SSSR count). The Morgan fingerprint density at radius 3 is 3.06 bits per heavy atom. The van der Waals surface area contributed by atoms with E-state index in [1.54, 1.807) is 0 Å². The zero-order valence-corrected chi connectivity index (χ0v) is 11.2. The number of nitrogens with zero attached hydrogens (tertiary/aromatic N) is 3. The molecule has 0 aromatic carbocycles. The van der Waals surface area contributed by atoms with Crippen LogP contribution in [-0.4, -0.2) is 75.2 Å². The number of amides is 1. The molecule has 1 amide bonds. The average Bonchev–Trinajstić information content (AvgIpc) is 2.28. The monoisotopic (exact) mass is 254 g/mol. The van der Waals surface area contributed by atoms with E-state index in [1.807, 2.05) is 20.2 Å². The van der Waals surface area contributed by atoms with Gasteiger partial charge in [-0.1, -0.05) is 0 Å². The molecule has 18 heavy (non-hydrogen) atoms. The van der Waals surface area contributed by atoms with E-state index < -0.39 is 0 Å². The Labute approximate surface area is 108 Å². The van der Waals surface area contributed by atoms with Crippen LogP contribution in [0.4, 0.5) is 0 Å². The molecule has 1 aliphatic rings. The van der Waals surface area contributed by atoms with Gasteiger partial charge in [-0.3, -0.25) is 9.69 Å².